The van der Waals surface area contributed by atoms with E-state index < -0.39 is 0 Å². The summed E-state index contributed by atoms with van der Waals surface area (Å²) in [5.41, 5.74) is 2.06. The number of allylic oxidation sites excluding steroid dienone is 2. The summed E-state index contributed by atoms with van der Waals surface area (Å²) in [6.45, 7) is 5.12. The van der Waals surface area contributed by atoms with Crippen LogP contribution in [-0.4, -0.2) is 23.2 Å². The van der Waals surface area contributed by atoms with Crippen LogP contribution in [0, 0.1) is 0 Å². The fourth-order valence-corrected chi connectivity index (χ4v) is 3.49. The molecule has 0 aliphatic carbocycles. The van der Waals surface area contributed by atoms with E-state index in [4.69, 9.17) is 0 Å². The number of rotatable bonds is 4. The van der Waals surface area contributed by atoms with Gasteiger partial charge >= 0.3 is 6.03 Å². The second-order valence-electron chi connectivity index (χ2n) is 4.77. The van der Waals surface area contributed by atoms with Gasteiger partial charge < -0.3 is 5.32 Å². The summed E-state index contributed by atoms with van der Waals surface area (Å²) in [4.78, 5) is 15.8. The molecule has 1 aliphatic heterocycles. The Balaban J connectivity index is 2.15. The van der Waals surface area contributed by atoms with Crippen molar-refractivity contribution < 1.29 is 4.79 Å². The normalized spacial score (nSPS) is 15.4. The number of benzene rings is 1. The molecule has 2 rings (SSSR count). The molecule has 2 amide bonds. The first-order valence-corrected chi connectivity index (χ1v) is 8.23. The van der Waals surface area contributed by atoms with Crippen molar-refractivity contribution in [3.63, 3.8) is 0 Å². The summed E-state index contributed by atoms with van der Waals surface area (Å²) in [7, 11) is 0. The topological polar surface area (TPSA) is 32.3 Å². The van der Waals surface area contributed by atoms with Gasteiger partial charge in [0.25, 0.3) is 0 Å². The lowest BCUT2D eigenvalue weighted by molar-refractivity contribution is 0.224. The van der Waals surface area contributed by atoms with Crippen molar-refractivity contribution >= 4 is 23.5 Å². The van der Waals surface area contributed by atoms with Crippen molar-refractivity contribution in [3.8, 4) is 0 Å². The molecule has 3 nitrogen and oxygen atoms in total. The Hall–Kier alpha value is -1.42. The standard InChI is InChI=1S/C16H22N2OS/c1-3-8-14-15(4-2)20-12-11-18(14)16(19)17-13-9-6-5-7-10-13/h5-7,9-10H,3-4,8,11-12H2,1-2H3,(H,17,19). The lowest BCUT2D eigenvalue weighted by Gasteiger charge is -2.31. The van der Waals surface area contributed by atoms with E-state index in [1.807, 2.05) is 47.0 Å². The molecule has 0 radical (unpaired) electrons. The fraction of sp³-hybridized carbons (Fsp3) is 0.438. The fourth-order valence-electron chi connectivity index (χ4n) is 2.38. The molecule has 0 bridgehead atoms. The molecule has 4 heteroatoms. The molecule has 0 saturated carbocycles. The number of hydrogen-bond acceptors (Lipinski definition) is 2. The van der Waals surface area contributed by atoms with Gasteiger partial charge in [-0.3, -0.25) is 4.90 Å². The molecule has 1 aromatic rings. The van der Waals surface area contributed by atoms with E-state index in [1.165, 1.54) is 10.6 Å². The quantitative estimate of drug-likeness (QED) is 0.872. The van der Waals surface area contributed by atoms with E-state index in [2.05, 4.69) is 19.2 Å². The number of thioether (sulfide) groups is 1. The summed E-state index contributed by atoms with van der Waals surface area (Å²) < 4.78 is 0. The van der Waals surface area contributed by atoms with Crippen molar-refractivity contribution in [1.29, 1.82) is 0 Å². The minimum atomic E-state index is -0.00843. The highest BCUT2D eigenvalue weighted by Crippen LogP contribution is 2.32. The summed E-state index contributed by atoms with van der Waals surface area (Å²) >= 11 is 1.90. The summed E-state index contributed by atoms with van der Waals surface area (Å²) in [6.07, 6.45) is 3.04. The Kier molecular flexibility index (Phi) is 5.53. The lowest BCUT2D eigenvalue weighted by Crippen LogP contribution is -2.38. The predicted octanol–water partition coefficient (Wildman–Crippen LogP) is 4.69. The molecule has 0 fully saturated rings. The molecule has 0 unspecified atom stereocenters. The van der Waals surface area contributed by atoms with Gasteiger partial charge in [0.2, 0.25) is 0 Å². The van der Waals surface area contributed by atoms with E-state index in [-0.39, 0.29) is 6.03 Å². The maximum Gasteiger partial charge on any atom is 0.326 e. The molecule has 1 N–H and O–H groups in total. The largest absolute Gasteiger partial charge is 0.326 e. The Bertz CT molecular complexity index is 485. The Morgan fingerprint density at radius 1 is 1.30 bits per heavy atom. The first kappa shape index (κ1) is 15.0. The molecule has 0 spiro atoms. The third-order valence-corrected chi connectivity index (χ3v) is 4.58. The number of anilines is 1. The van der Waals surface area contributed by atoms with Crippen LogP contribution in [0.15, 0.2) is 40.9 Å². The number of amides is 2. The van der Waals surface area contributed by atoms with Gasteiger partial charge in [0.05, 0.1) is 0 Å². The Labute approximate surface area is 125 Å². The van der Waals surface area contributed by atoms with Crippen LogP contribution in [0.25, 0.3) is 0 Å². The lowest BCUT2D eigenvalue weighted by atomic mass is 10.2. The third kappa shape index (κ3) is 3.57. The average molecular weight is 290 g/mol. The molecule has 1 aliphatic rings. The van der Waals surface area contributed by atoms with Crippen LogP contribution >= 0.6 is 11.8 Å². The zero-order chi connectivity index (χ0) is 14.4. The third-order valence-electron chi connectivity index (χ3n) is 3.32. The van der Waals surface area contributed by atoms with Crippen molar-refractivity contribution in [2.24, 2.45) is 0 Å². The minimum Gasteiger partial charge on any atom is -0.308 e. The molecule has 20 heavy (non-hydrogen) atoms. The van der Waals surface area contributed by atoms with Gasteiger partial charge in [0.15, 0.2) is 0 Å². The monoisotopic (exact) mass is 290 g/mol. The summed E-state index contributed by atoms with van der Waals surface area (Å²) in [5.74, 6) is 0.985. The van der Waals surface area contributed by atoms with E-state index >= 15 is 0 Å². The summed E-state index contributed by atoms with van der Waals surface area (Å²) in [6, 6.07) is 9.64. The van der Waals surface area contributed by atoms with Gasteiger partial charge in [-0.15, -0.1) is 11.8 Å². The molecule has 108 valence electrons. The van der Waals surface area contributed by atoms with Crippen LogP contribution in [-0.2, 0) is 0 Å². The Morgan fingerprint density at radius 2 is 2.05 bits per heavy atom. The van der Waals surface area contributed by atoms with Gasteiger partial charge in [-0.05, 0) is 25.0 Å². The van der Waals surface area contributed by atoms with Crippen LogP contribution in [0.2, 0.25) is 0 Å². The van der Waals surface area contributed by atoms with E-state index in [9.17, 15) is 4.79 Å². The first-order valence-electron chi connectivity index (χ1n) is 7.24. The van der Waals surface area contributed by atoms with E-state index in [1.54, 1.807) is 0 Å². The minimum absolute atomic E-state index is 0.00843. The molecule has 1 heterocycles. The molecular weight excluding hydrogens is 268 g/mol. The maximum atomic E-state index is 12.5. The van der Waals surface area contributed by atoms with Crippen LogP contribution in [0.3, 0.4) is 0 Å². The second kappa shape index (κ2) is 7.39. The van der Waals surface area contributed by atoms with Crippen molar-refractivity contribution in [2.45, 2.75) is 33.1 Å². The number of carbonyl (C=O) groups is 1. The maximum absolute atomic E-state index is 12.5. The first-order chi connectivity index (χ1) is 9.76. The second-order valence-corrected chi connectivity index (χ2v) is 5.96. The van der Waals surface area contributed by atoms with Gasteiger partial charge in [-0.2, -0.15) is 0 Å². The number of urea groups is 1. The highest BCUT2D eigenvalue weighted by molar-refractivity contribution is 8.03. The van der Waals surface area contributed by atoms with Crippen LogP contribution < -0.4 is 5.32 Å². The number of nitrogens with one attached hydrogen (secondary N) is 1. The Morgan fingerprint density at radius 3 is 2.70 bits per heavy atom. The highest BCUT2D eigenvalue weighted by atomic mass is 32.2. The molecular formula is C16H22N2OS. The van der Waals surface area contributed by atoms with Crippen LogP contribution in [0.1, 0.15) is 33.1 Å². The van der Waals surface area contributed by atoms with Gasteiger partial charge in [-0.1, -0.05) is 38.5 Å². The van der Waals surface area contributed by atoms with Crippen molar-refractivity contribution in [1.82, 2.24) is 4.90 Å². The predicted molar refractivity (Wildman–Crippen MR) is 86.8 cm³/mol. The molecule has 0 atom stereocenters. The van der Waals surface area contributed by atoms with Crippen molar-refractivity contribution in [2.75, 3.05) is 17.6 Å². The number of hydrogen-bond donors (Lipinski definition) is 1. The zero-order valence-corrected chi connectivity index (χ0v) is 13.0. The highest BCUT2D eigenvalue weighted by Gasteiger charge is 2.24. The number of para-hydroxylation sites is 1. The molecule has 0 aromatic heterocycles. The number of nitrogens with zero attached hydrogens (tertiary/aromatic N) is 1. The SMILES string of the molecule is CCCC1=C(CC)SCCN1C(=O)Nc1ccccc1. The van der Waals surface area contributed by atoms with E-state index in [0.717, 1.165) is 37.2 Å². The zero-order valence-electron chi connectivity index (χ0n) is 12.2. The number of carbonyl (C=O) groups excluding carboxylic acids is 1. The van der Waals surface area contributed by atoms with Gasteiger partial charge in [0.1, 0.15) is 0 Å². The summed E-state index contributed by atoms with van der Waals surface area (Å²) in [5, 5.41) is 2.99. The smallest absolute Gasteiger partial charge is 0.308 e. The molecule has 0 saturated heterocycles. The van der Waals surface area contributed by atoms with Gasteiger partial charge in [0, 0.05) is 28.6 Å². The average Bonchev–Trinajstić information content (AvgIpc) is 2.48. The molecule has 1 aromatic carbocycles. The van der Waals surface area contributed by atoms with Crippen LogP contribution in [0.5, 0.6) is 0 Å². The van der Waals surface area contributed by atoms with Crippen molar-refractivity contribution in [3.05, 3.63) is 40.9 Å². The van der Waals surface area contributed by atoms with Crippen LogP contribution in [0.4, 0.5) is 10.5 Å². The van der Waals surface area contributed by atoms with E-state index in [0.29, 0.717) is 0 Å². The van der Waals surface area contributed by atoms with Gasteiger partial charge in [-0.25, -0.2) is 4.79 Å².